The van der Waals surface area contributed by atoms with Crippen molar-refractivity contribution in [3.8, 4) is 0 Å². The summed E-state index contributed by atoms with van der Waals surface area (Å²) >= 11 is 18.6. The lowest BCUT2D eigenvalue weighted by Gasteiger charge is -2.09. The monoisotopic (exact) mass is 379 g/mol. The van der Waals surface area contributed by atoms with Gasteiger partial charge in [-0.1, -0.05) is 46.6 Å². The maximum Gasteiger partial charge on any atom is 0.291 e. The van der Waals surface area contributed by atoms with Crippen LogP contribution < -0.4 is 16.7 Å². The van der Waals surface area contributed by atoms with E-state index in [1.54, 1.807) is 0 Å². The molecule has 0 bridgehead atoms. The zero-order valence-electron chi connectivity index (χ0n) is 10.7. The van der Waals surface area contributed by atoms with Gasteiger partial charge in [-0.25, -0.2) is 0 Å². The summed E-state index contributed by atoms with van der Waals surface area (Å²) < 4.78 is 0.803. The van der Waals surface area contributed by atoms with Crippen molar-refractivity contribution in [3.05, 3.63) is 43.8 Å². The van der Waals surface area contributed by atoms with Gasteiger partial charge in [0.2, 0.25) is 11.1 Å². The molecule has 7 nitrogen and oxygen atoms in total. The predicted octanol–water partition coefficient (Wildman–Crippen LogP) is 2.04. The van der Waals surface area contributed by atoms with Crippen molar-refractivity contribution in [2.24, 2.45) is 0 Å². The van der Waals surface area contributed by atoms with Gasteiger partial charge in [-0.15, -0.1) is 5.10 Å². The van der Waals surface area contributed by atoms with Gasteiger partial charge in [0, 0.05) is 0 Å². The fourth-order valence-electron chi connectivity index (χ4n) is 1.37. The molecule has 0 spiro atoms. The Hall–Kier alpha value is -1.48. The molecule has 1 amide bonds. The van der Waals surface area contributed by atoms with E-state index in [9.17, 15) is 9.59 Å². The van der Waals surface area contributed by atoms with Crippen LogP contribution in [-0.2, 0) is 4.79 Å². The van der Waals surface area contributed by atoms with Gasteiger partial charge in [0.15, 0.2) is 0 Å². The average Bonchev–Trinajstić information content (AvgIpc) is 2.46. The zero-order chi connectivity index (χ0) is 16.3. The topological polar surface area (TPSA) is 103 Å². The molecule has 1 aromatic heterocycles. The zero-order valence-corrected chi connectivity index (χ0v) is 13.8. The number of thioether (sulfide) groups is 1. The maximum absolute atomic E-state index is 11.9. The van der Waals surface area contributed by atoms with Crippen LogP contribution in [0.5, 0.6) is 0 Å². The highest BCUT2D eigenvalue weighted by molar-refractivity contribution is 7.99. The first-order chi connectivity index (χ1) is 10.4. The van der Waals surface area contributed by atoms with Crippen LogP contribution in [0.2, 0.25) is 15.1 Å². The first-order valence-corrected chi connectivity index (χ1v) is 7.77. The first kappa shape index (κ1) is 16.9. The Morgan fingerprint density at radius 3 is 2.68 bits per heavy atom. The number of hydrogen-bond acceptors (Lipinski definition) is 6. The van der Waals surface area contributed by atoms with E-state index < -0.39 is 5.56 Å². The van der Waals surface area contributed by atoms with E-state index in [1.807, 2.05) is 0 Å². The Bertz CT molecular complexity index is 783. The van der Waals surface area contributed by atoms with E-state index in [0.29, 0.717) is 5.69 Å². The highest BCUT2D eigenvalue weighted by Crippen LogP contribution is 2.32. The van der Waals surface area contributed by atoms with Crippen LogP contribution in [0.1, 0.15) is 0 Å². The van der Waals surface area contributed by atoms with Crippen LogP contribution in [0.25, 0.3) is 0 Å². The molecule has 0 fully saturated rings. The number of carbonyl (C=O) groups is 1. The van der Waals surface area contributed by atoms with Crippen LogP contribution in [-0.4, -0.2) is 26.5 Å². The van der Waals surface area contributed by atoms with E-state index in [4.69, 9.17) is 40.6 Å². The average molecular weight is 381 g/mol. The minimum absolute atomic E-state index is 0.0497. The molecular weight excluding hydrogens is 373 g/mol. The van der Waals surface area contributed by atoms with Gasteiger partial charge in [0.05, 0.1) is 26.5 Å². The fraction of sp³-hybridized carbons (Fsp3) is 0.0909. The van der Waals surface area contributed by atoms with Gasteiger partial charge in [-0.05, 0) is 12.1 Å². The third-order valence-electron chi connectivity index (χ3n) is 2.37. The molecule has 0 saturated carbocycles. The summed E-state index contributed by atoms with van der Waals surface area (Å²) in [5.41, 5.74) is -0.198. The molecule has 0 aliphatic rings. The summed E-state index contributed by atoms with van der Waals surface area (Å²) in [6.45, 7) is 0. The van der Waals surface area contributed by atoms with Crippen LogP contribution in [0.4, 0.5) is 5.69 Å². The molecule has 0 atom stereocenters. The van der Waals surface area contributed by atoms with E-state index >= 15 is 0 Å². The summed E-state index contributed by atoms with van der Waals surface area (Å²) in [7, 11) is 0. The molecule has 116 valence electrons. The highest BCUT2D eigenvalue weighted by Gasteiger charge is 2.11. The van der Waals surface area contributed by atoms with Crippen molar-refractivity contribution in [1.29, 1.82) is 0 Å². The number of anilines is 1. The van der Waals surface area contributed by atoms with Gasteiger partial charge in [0.1, 0.15) is 6.20 Å². The number of nitrogens with two attached hydrogens (primary N) is 1. The van der Waals surface area contributed by atoms with Crippen LogP contribution in [0, 0.1) is 0 Å². The normalized spacial score (nSPS) is 10.5. The second-order valence-corrected chi connectivity index (χ2v) is 6.08. The van der Waals surface area contributed by atoms with Crippen molar-refractivity contribution >= 4 is 58.2 Å². The minimum Gasteiger partial charge on any atom is -0.334 e. The Morgan fingerprint density at radius 1 is 1.27 bits per heavy atom. The van der Waals surface area contributed by atoms with Crippen molar-refractivity contribution in [3.63, 3.8) is 0 Å². The number of nitrogens with one attached hydrogen (secondary N) is 1. The van der Waals surface area contributed by atoms with Crippen LogP contribution in [0.3, 0.4) is 0 Å². The molecule has 2 rings (SSSR count). The fourth-order valence-corrected chi connectivity index (χ4v) is 2.63. The van der Waals surface area contributed by atoms with Crippen molar-refractivity contribution in [2.45, 2.75) is 5.16 Å². The number of nitrogens with zero attached hydrogens (tertiary/aromatic N) is 3. The predicted molar refractivity (Wildman–Crippen MR) is 87.3 cm³/mol. The smallest absolute Gasteiger partial charge is 0.291 e. The Kier molecular flexibility index (Phi) is 5.52. The minimum atomic E-state index is -0.523. The van der Waals surface area contributed by atoms with Crippen LogP contribution >= 0.6 is 46.6 Å². The largest absolute Gasteiger partial charge is 0.334 e. The Labute approximate surface area is 143 Å². The molecule has 0 unspecified atom stereocenters. The second kappa shape index (κ2) is 7.19. The van der Waals surface area contributed by atoms with Gasteiger partial charge < -0.3 is 11.2 Å². The molecule has 1 aromatic carbocycles. The summed E-state index contributed by atoms with van der Waals surface area (Å²) in [6, 6.07) is 2.87. The third-order valence-corrected chi connectivity index (χ3v) is 4.35. The standard InChI is InChI=1S/C11H8Cl3N5O2S/c12-5-1-7(14)8(2-6(5)13)17-9(20)4-22-11-18-16-3-10(21)19(11)15/h1-3H,4,15H2,(H,17,20). The summed E-state index contributed by atoms with van der Waals surface area (Å²) in [5, 5.41) is 10.6. The Morgan fingerprint density at radius 2 is 1.95 bits per heavy atom. The van der Waals surface area contributed by atoms with E-state index in [-0.39, 0.29) is 31.9 Å². The number of rotatable bonds is 4. The molecular formula is C11H8Cl3N5O2S. The summed E-state index contributed by atoms with van der Waals surface area (Å²) in [4.78, 5) is 23.2. The quantitative estimate of drug-likeness (QED) is 0.478. The van der Waals surface area contributed by atoms with E-state index in [2.05, 4.69) is 15.5 Å². The lowest BCUT2D eigenvalue weighted by atomic mass is 10.3. The molecule has 0 saturated heterocycles. The Balaban J connectivity index is 2.03. The number of amides is 1. The molecule has 3 N–H and O–H groups in total. The molecule has 0 aliphatic heterocycles. The molecule has 0 aliphatic carbocycles. The number of nitrogen functional groups attached to an aromatic ring is 1. The number of hydrogen-bond donors (Lipinski definition) is 2. The van der Waals surface area contributed by atoms with Gasteiger partial charge >= 0.3 is 0 Å². The second-order valence-electron chi connectivity index (χ2n) is 3.92. The van der Waals surface area contributed by atoms with Gasteiger partial charge in [0.25, 0.3) is 5.56 Å². The first-order valence-electron chi connectivity index (χ1n) is 5.65. The molecule has 11 heteroatoms. The van der Waals surface area contributed by atoms with E-state index in [1.165, 1.54) is 12.1 Å². The number of aromatic nitrogens is 3. The summed E-state index contributed by atoms with van der Waals surface area (Å²) in [6.07, 6.45) is 0.972. The maximum atomic E-state index is 11.9. The van der Waals surface area contributed by atoms with Crippen molar-refractivity contribution < 1.29 is 4.79 Å². The number of halogens is 3. The van der Waals surface area contributed by atoms with E-state index in [0.717, 1.165) is 22.6 Å². The third kappa shape index (κ3) is 4.04. The van der Waals surface area contributed by atoms with Crippen molar-refractivity contribution in [1.82, 2.24) is 14.9 Å². The molecule has 22 heavy (non-hydrogen) atoms. The van der Waals surface area contributed by atoms with Gasteiger partial charge in [-0.2, -0.15) is 9.77 Å². The summed E-state index contributed by atoms with van der Waals surface area (Å²) in [5.74, 6) is 5.04. The molecule has 0 radical (unpaired) electrons. The lowest BCUT2D eigenvalue weighted by molar-refractivity contribution is -0.113. The van der Waals surface area contributed by atoms with Crippen molar-refractivity contribution in [2.75, 3.05) is 16.9 Å². The number of benzene rings is 1. The molecule has 2 aromatic rings. The lowest BCUT2D eigenvalue weighted by Crippen LogP contribution is -2.30. The van der Waals surface area contributed by atoms with Gasteiger partial charge in [-0.3, -0.25) is 9.59 Å². The van der Waals surface area contributed by atoms with Crippen LogP contribution in [0.15, 0.2) is 28.3 Å². The highest BCUT2D eigenvalue weighted by atomic mass is 35.5. The number of carbonyl (C=O) groups excluding carboxylic acids is 1. The molecule has 1 heterocycles. The SMILES string of the molecule is Nn1c(SCC(=O)Nc2cc(Cl)c(Cl)cc2Cl)nncc1=O.